The number of aliphatic hydroxyl groups excluding tert-OH is 1. The molecule has 3 aliphatic heterocycles. The molecule has 5 aromatic carbocycles. The van der Waals surface area contributed by atoms with Crippen LogP contribution >= 0.6 is 0 Å². The lowest BCUT2D eigenvalue weighted by molar-refractivity contribution is -0.253. The molecule has 4 N–H and O–H groups in total. The summed E-state index contributed by atoms with van der Waals surface area (Å²) in [5, 5.41) is 15.7. The number of likely N-dealkylation sites (tertiary alicyclic amines) is 1. The predicted octanol–water partition coefficient (Wildman–Crippen LogP) is 5.99. The quantitative estimate of drug-likeness (QED) is 0.112. The van der Waals surface area contributed by atoms with Crippen molar-refractivity contribution in [3.63, 3.8) is 0 Å². The highest BCUT2D eigenvalue weighted by molar-refractivity contribution is 7.89. The second kappa shape index (κ2) is 18.1. The number of carbonyl (C=O) groups is 2. The van der Waals surface area contributed by atoms with Crippen molar-refractivity contribution in [2.45, 2.75) is 74.2 Å². The fraction of sp³-hybridized carbons (Fsp3) is 0.319. The Morgan fingerprint density at radius 1 is 0.850 bits per heavy atom. The number of amides is 2. The van der Waals surface area contributed by atoms with Gasteiger partial charge in [0.15, 0.2) is 6.29 Å². The van der Waals surface area contributed by atoms with Crippen molar-refractivity contribution in [3.05, 3.63) is 161 Å². The SMILES string of the molecule is Cc1ccc(S(=O)(=O)N[C@H](Cc2ccccc2)C(=O)Nc2cccc([C@@H]3O[C@H](CN4CCC5(CC4)C(=O)NCN5c4ccccc4)C[C@H](c4ccc(CO)cc4)O3)c2)cc1. The summed E-state index contributed by atoms with van der Waals surface area (Å²) < 4.78 is 43.0. The van der Waals surface area contributed by atoms with E-state index >= 15 is 0 Å². The molecule has 0 bridgehead atoms. The average molecular weight is 830 g/mol. The standard InChI is InChI=1S/C47H51N5O7S/c1-33-15-21-41(22-16-33)60(56,57)50-42(27-34-9-4-2-5-10-34)44(54)49-38-12-8-11-37(28-38)45-58-40(29-43(59-45)36-19-17-35(31-53)18-20-36)30-51-25-23-47(24-26-51)46(55)48-32-52(47)39-13-6-3-7-14-39/h2-22,28,40,42-43,45,50,53H,23-27,29-32H2,1H3,(H,48,55)(H,49,54)/t40-,42+,43+,45+/m0/s1. The highest BCUT2D eigenvalue weighted by atomic mass is 32.2. The van der Waals surface area contributed by atoms with E-state index in [2.05, 4.69) is 37.3 Å². The Bertz CT molecular complexity index is 2360. The predicted molar refractivity (Wildman–Crippen MR) is 229 cm³/mol. The molecule has 3 heterocycles. The molecule has 1 spiro atoms. The molecule has 0 radical (unpaired) electrons. The van der Waals surface area contributed by atoms with Gasteiger partial charge in [0, 0.05) is 43.0 Å². The molecular formula is C47H51N5O7S. The number of aryl methyl sites for hydroxylation is 1. The number of para-hydroxylation sites is 1. The van der Waals surface area contributed by atoms with E-state index in [0.717, 1.165) is 41.0 Å². The Labute approximate surface area is 351 Å². The lowest BCUT2D eigenvalue weighted by Crippen LogP contribution is -2.57. The molecule has 4 atom stereocenters. The van der Waals surface area contributed by atoms with Crippen molar-refractivity contribution in [1.82, 2.24) is 14.9 Å². The zero-order valence-corrected chi connectivity index (χ0v) is 34.4. The Balaban J connectivity index is 0.994. The average Bonchev–Trinajstić information content (AvgIpc) is 3.59. The minimum atomic E-state index is -4.03. The van der Waals surface area contributed by atoms with Crippen LogP contribution in [-0.4, -0.2) is 74.2 Å². The van der Waals surface area contributed by atoms with Crippen LogP contribution in [0.25, 0.3) is 0 Å². The van der Waals surface area contributed by atoms with Gasteiger partial charge in [-0.3, -0.25) is 9.59 Å². The minimum absolute atomic E-state index is 0.0611. The molecule has 12 nitrogen and oxygen atoms in total. The molecule has 0 unspecified atom stereocenters. The van der Waals surface area contributed by atoms with Gasteiger partial charge in [-0.05, 0) is 79.3 Å². The number of carbonyl (C=O) groups excluding carboxylic acids is 2. The lowest BCUT2D eigenvalue weighted by Gasteiger charge is -2.45. The Hall–Kier alpha value is -5.41. The van der Waals surface area contributed by atoms with E-state index in [9.17, 15) is 23.1 Å². The van der Waals surface area contributed by atoms with E-state index in [4.69, 9.17) is 9.47 Å². The number of sulfonamides is 1. The van der Waals surface area contributed by atoms with Crippen LogP contribution in [0.5, 0.6) is 0 Å². The molecule has 2 amide bonds. The van der Waals surface area contributed by atoms with Crippen LogP contribution < -0.4 is 20.3 Å². The molecule has 3 fully saturated rings. The normalized spacial score (nSPS) is 21.1. The fourth-order valence-electron chi connectivity index (χ4n) is 8.46. The number of aliphatic hydroxyl groups is 1. The highest BCUT2D eigenvalue weighted by Crippen LogP contribution is 2.40. The van der Waals surface area contributed by atoms with Crippen molar-refractivity contribution in [2.24, 2.45) is 0 Å². The van der Waals surface area contributed by atoms with Crippen molar-refractivity contribution in [1.29, 1.82) is 0 Å². The zero-order valence-electron chi connectivity index (χ0n) is 33.6. The number of ether oxygens (including phenoxy) is 2. The summed E-state index contributed by atoms with van der Waals surface area (Å²) in [5.74, 6) is -0.441. The first kappa shape index (κ1) is 41.3. The third-order valence-corrected chi connectivity index (χ3v) is 13.3. The van der Waals surface area contributed by atoms with Crippen LogP contribution in [0.2, 0.25) is 0 Å². The van der Waals surface area contributed by atoms with E-state index in [0.29, 0.717) is 43.7 Å². The van der Waals surface area contributed by atoms with Crippen LogP contribution in [0.1, 0.15) is 59.5 Å². The number of benzene rings is 5. The first-order valence-corrected chi connectivity index (χ1v) is 21.9. The summed E-state index contributed by atoms with van der Waals surface area (Å²) in [7, 11) is -4.03. The number of piperidine rings is 1. The lowest BCUT2D eigenvalue weighted by atomic mass is 9.85. The molecule has 8 rings (SSSR count). The summed E-state index contributed by atoms with van der Waals surface area (Å²) in [4.78, 5) is 32.0. The summed E-state index contributed by atoms with van der Waals surface area (Å²) in [6.45, 7) is 4.38. The highest BCUT2D eigenvalue weighted by Gasteiger charge is 2.50. The number of nitrogens with one attached hydrogen (secondary N) is 3. The second-order valence-corrected chi connectivity index (χ2v) is 17.6. The van der Waals surface area contributed by atoms with E-state index in [-0.39, 0.29) is 36.0 Å². The van der Waals surface area contributed by atoms with Crippen LogP contribution in [0.3, 0.4) is 0 Å². The van der Waals surface area contributed by atoms with Gasteiger partial charge < -0.3 is 35.0 Å². The van der Waals surface area contributed by atoms with Gasteiger partial charge in [-0.15, -0.1) is 0 Å². The van der Waals surface area contributed by atoms with E-state index in [1.54, 1.807) is 24.3 Å². The molecular weight excluding hydrogens is 779 g/mol. The Kier molecular flexibility index (Phi) is 12.4. The van der Waals surface area contributed by atoms with Crippen LogP contribution in [0.4, 0.5) is 11.4 Å². The number of anilines is 2. The largest absolute Gasteiger partial charge is 0.392 e. The van der Waals surface area contributed by atoms with Crippen LogP contribution in [0.15, 0.2) is 138 Å². The number of rotatable bonds is 13. The van der Waals surface area contributed by atoms with E-state index in [1.165, 1.54) is 12.1 Å². The van der Waals surface area contributed by atoms with Gasteiger partial charge in [0.1, 0.15) is 11.6 Å². The smallest absolute Gasteiger partial charge is 0.247 e. The van der Waals surface area contributed by atoms with E-state index in [1.807, 2.05) is 91.9 Å². The van der Waals surface area contributed by atoms with Gasteiger partial charge >= 0.3 is 0 Å². The number of hydrogen-bond donors (Lipinski definition) is 4. The maximum absolute atomic E-state index is 14.0. The van der Waals surface area contributed by atoms with E-state index < -0.39 is 33.8 Å². The number of hydrogen-bond acceptors (Lipinski definition) is 9. The van der Waals surface area contributed by atoms with Gasteiger partial charge in [0.2, 0.25) is 21.8 Å². The third-order valence-electron chi connectivity index (χ3n) is 11.8. The molecule has 312 valence electrons. The molecule has 0 saturated carbocycles. The summed E-state index contributed by atoms with van der Waals surface area (Å²) in [6, 6.07) is 39.7. The van der Waals surface area contributed by atoms with Gasteiger partial charge in [-0.1, -0.05) is 103 Å². The second-order valence-electron chi connectivity index (χ2n) is 15.9. The van der Waals surface area contributed by atoms with Gasteiger partial charge in [0.05, 0.1) is 30.4 Å². The molecule has 13 heteroatoms. The monoisotopic (exact) mass is 829 g/mol. The van der Waals surface area contributed by atoms with Crippen molar-refractivity contribution in [2.75, 3.05) is 36.5 Å². The third kappa shape index (κ3) is 9.31. The molecule has 60 heavy (non-hydrogen) atoms. The van der Waals surface area contributed by atoms with Gasteiger partial charge in [-0.25, -0.2) is 8.42 Å². The first-order chi connectivity index (χ1) is 29.1. The Morgan fingerprint density at radius 2 is 1.55 bits per heavy atom. The number of nitrogens with zero attached hydrogens (tertiary/aromatic N) is 2. The minimum Gasteiger partial charge on any atom is -0.392 e. The topological polar surface area (TPSA) is 150 Å². The maximum atomic E-state index is 14.0. The van der Waals surface area contributed by atoms with Crippen LogP contribution in [0, 0.1) is 6.92 Å². The molecule has 3 aliphatic rings. The Morgan fingerprint density at radius 3 is 2.25 bits per heavy atom. The first-order valence-electron chi connectivity index (χ1n) is 20.5. The maximum Gasteiger partial charge on any atom is 0.247 e. The van der Waals surface area contributed by atoms with Gasteiger partial charge in [-0.2, -0.15) is 4.72 Å². The summed E-state index contributed by atoms with van der Waals surface area (Å²) in [5.41, 5.74) is 5.06. The van der Waals surface area contributed by atoms with Gasteiger partial charge in [0.25, 0.3) is 0 Å². The van der Waals surface area contributed by atoms with Crippen molar-refractivity contribution in [3.8, 4) is 0 Å². The molecule has 0 aliphatic carbocycles. The van der Waals surface area contributed by atoms with Crippen LogP contribution in [-0.2, 0) is 42.1 Å². The van der Waals surface area contributed by atoms with Crippen molar-refractivity contribution < 1.29 is 32.6 Å². The summed E-state index contributed by atoms with van der Waals surface area (Å²) in [6.07, 6.45) is 0.752. The fourth-order valence-corrected chi connectivity index (χ4v) is 9.66. The summed E-state index contributed by atoms with van der Waals surface area (Å²) >= 11 is 0. The molecule has 0 aromatic heterocycles. The molecule has 5 aromatic rings. The molecule has 3 saturated heterocycles. The zero-order chi connectivity index (χ0) is 41.7. The van der Waals surface area contributed by atoms with Crippen molar-refractivity contribution >= 4 is 33.2 Å².